The van der Waals surface area contributed by atoms with Gasteiger partial charge in [0.15, 0.2) is 17.5 Å². The molecule has 0 spiro atoms. The van der Waals surface area contributed by atoms with Crippen LogP contribution in [0, 0.1) is 12.3 Å². The van der Waals surface area contributed by atoms with Gasteiger partial charge in [0, 0.05) is 49.6 Å². The highest BCUT2D eigenvalue weighted by atomic mass is 15.0. The standard InChI is InChI=1S/C43H40N4/c1-8-10-25-39-29(3)26-35(43(39,6)7)28-38-31(5)47(30(4)37(38)18-9-2)36-24-17-23-34(27-36)42-45-40(32-19-13-11-14-20-32)44-41(46-42)33-21-15-12-16-22-33/h8-25,27-28H,1-2,4,26H2,3,5-7H3/b25-10-,35-28+,37-18+. The zero-order chi connectivity index (χ0) is 33.1. The Morgan fingerprint density at radius 3 is 1.89 bits per heavy atom. The first-order chi connectivity index (χ1) is 22.7. The van der Waals surface area contributed by atoms with Gasteiger partial charge in [0.25, 0.3) is 0 Å². The van der Waals surface area contributed by atoms with Gasteiger partial charge in [0.2, 0.25) is 0 Å². The van der Waals surface area contributed by atoms with Crippen LogP contribution in [0.5, 0.6) is 0 Å². The molecule has 0 saturated carbocycles. The molecule has 0 bridgehead atoms. The molecule has 1 aliphatic rings. The van der Waals surface area contributed by atoms with Crippen LogP contribution < -0.4 is 10.6 Å². The van der Waals surface area contributed by atoms with Gasteiger partial charge < -0.3 is 4.57 Å². The van der Waals surface area contributed by atoms with Crippen LogP contribution in [0.2, 0.25) is 0 Å². The molecule has 0 amide bonds. The molecule has 47 heavy (non-hydrogen) atoms. The minimum Gasteiger partial charge on any atom is -0.314 e. The highest BCUT2D eigenvalue weighted by molar-refractivity contribution is 5.69. The van der Waals surface area contributed by atoms with Crippen LogP contribution in [0.1, 0.15) is 38.4 Å². The van der Waals surface area contributed by atoms with E-state index in [-0.39, 0.29) is 5.41 Å². The van der Waals surface area contributed by atoms with Gasteiger partial charge in [-0.3, -0.25) is 0 Å². The third kappa shape index (κ3) is 6.03. The molecule has 4 nitrogen and oxygen atoms in total. The second-order valence-electron chi connectivity index (χ2n) is 12.4. The Hall–Kier alpha value is -5.61. The maximum atomic E-state index is 4.96. The van der Waals surface area contributed by atoms with E-state index in [9.17, 15) is 0 Å². The highest BCUT2D eigenvalue weighted by Gasteiger charge is 2.34. The summed E-state index contributed by atoms with van der Waals surface area (Å²) >= 11 is 0. The van der Waals surface area contributed by atoms with Crippen molar-refractivity contribution >= 4 is 18.7 Å². The number of aromatic nitrogens is 4. The Morgan fingerprint density at radius 2 is 1.32 bits per heavy atom. The second-order valence-corrected chi connectivity index (χ2v) is 12.4. The van der Waals surface area contributed by atoms with Crippen molar-refractivity contribution in [1.82, 2.24) is 19.5 Å². The Bertz CT molecular complexity index is 2140. The largest absolute Gasteiger partial charge is 0.314 e. The Balaban J connectivity index is 1.49. The minimum absolute atomic E-state index is 0.101. The SMILES string of the molecule is C=C/C=C\C1=C(C)C/C(=C\c2c(C)n(-c3cccc(-c4nc(-c5ccccc5)nc(-c5ccccc5)n4)c3)c(=C)/c2=C\C=C)C1(C)C. The Kier molecular flexibility index (Phi) is 8.69. The van der Waals surface area contributed by atoms with Crippen LogP contribution in [0.4, 0.5) is 0 Å². The molecule has 3 aromatic carbocycles. The number of rotatable bonds is 8. The summed E-state index contributed by atoms with van der Waals surface area (Å²) in [6.07, 6.45) is 13.3. The van der Waals surface area contributed by atoms with Crippen molar-refractivity contribution in [3.8, 4) is 39.9 Å². The Morgan fingerprint density at radius 1 is 0.745 bits per heavy atom. The molecule has 232 valence electrons. The maximum absolute atomic E-state index is 4.96. The predicted molar refractivity (Wildman–Crippen MR) is 198 cm³/mol. The van der Waals surface area contributed by atoms with E-state index in [0.717, 1.165) is 50.6 Å². The summed E-state index contributed by atoms with van der Waals surface area (Å²) in [6.45, 7) is 21.5. The van der Waals surface area contributed by atoms with Crippen LogP contribution in [0.25, 0.3) is 58.6 Å². The maximum Gasteiger partial charge on any atom is 0.164 e. The van der Waals surface area contributed by atoms with Crippen molar-refractivity contribution < 1.29 is 0 Å². The summed E-state index contributed by atoms with van der Waals surface area (Å²) in [5.41, 5.74) is 10.0. The zero-order valence-electron chi connectivity index (χ0n) is 27.7. The van der Waals surface area contributed by atoms with Gasteiger partial charge in [-0.1, -0.05) is 154 Å². The molecule has 0 atom stereocenters. The third-order valence-electron chi connectivity index (χ3n) is 9.05. The monoisotopic (exact) mass is 612 g/mol. The lowest BCUT2D eigenvalue weighted by molar-refractivity contribution is 0.571. The summed E-state index contributed by atoms with van der Waals surface area (Å²) in [7, 11) is 0. The lowest BCUT2D eigenvalue weighted by atomic mass is 9.80. The van der Waals surface area contributed by atoms with E-state index in [1.54, 1.807) is 0 Å². The van der Waals surface area contributed by atoms with Gasteiger partial charge in [-0.2, -0.15) is 0 Å². The van der Waals surface area contributed by atoms with Crippen molar-refractivity contribution in [1.29, 1.82) is 0 Å². The summed E-state index contributed by atoms with van der Waals surface area (Å²) < 4.78 is 2.23. The van der Waals surface area contributed by atoms with Gasteiger partial charge in [-0.15, -0.1) is 0 Å². The molecule has 6 rings (SSSR count). The van der Waals surface area contributed by atoms with Crippen molar-refractivity contribution in [2.75, 3.05) is 0 Å². The molecule has 0 unspecified atom stereocenters. The molecule has 2 heterocycles. The van der Waals surface area contributed by atoms with E-state index in [1.165, 1.54) is 16.7 Å². The van der Waals surface area contributed by atoms with E-state index < -0.39 is 0 Å². The highest BCUT2D eigenvalue weighted by Crippen LogP contribution is 2.48. The average Bonchev–Trinajstić information content (AvgIpc) is 3.45. The summed E-state index contributed by atoms with van der Waals surface area (Å²) in [5, 5.41) is 1.97. The summed E-state index contributed by atoms with van der Waals surface area (Å²) in [4.78, 5) is 14.8. The van der Waals surface area contributed by atoms with Gasteiger partial charge in [0.05, 0.1) is 0 Å². The van der Waals surface area contributed by atoms with Crippen LogP contribution in [-0.2, 0) is 0 Å². The number of benzene rings is 3. The fraction of sp³-hybridized carbons (Fsp3) is 0.140. The molecule has 5 aromatic rings. The van der Waals surface area contributed by atoms with Gasteiger partial charge in [-0.05, 0) is 38.0 Å². The molecule has 4 heteroatoms. The first-order valence-corrected chi connectivity index (χ1v) is 15.9. The minimum atomic E-state index is -0.101. The Labute approximate surface area is 277 Å². The first-order valence-electron chi connectivity index (χ1n) is 15.9. The van der Waals surface area contributed by atoms with E-state index >= 15 is 0 Å². The molecule has 0 radical (unpaired) electrons. The van der Waals surface area contributed by atoms with E-state index in [4.69, 9.17) is 15.0 Å². The van der Waals surface area contributed by atoms with Crippen LogP contribution in [0.15, 0.2) is 139 Å². The average molecular weight is 613 g/mol. The van der Waals surface area contributed by atoms with Crippen LogP contribution in [-0.4, -0.2) is 19.5 Å². The third-order valence-corrected chi connectivity index (χ3v) is 9.05. The van der Waals surface area contributed by atoms with Crippen molar-refractivity contribution in [3.63, 3.8) is 0 Å². The molecular weight excluding hydrogens is 573 g/mol. The molecular formula is C43H40N4. The smallest absolute Gasteiger partial charge is 0.164 e. The van der Waals surface area contributed by atoms with Gasteiger partial charge in [0.1, 0.15) is 0 Å². The topological polar surface area (TPSA) is 43.6 Å². The van der Waals surface area contributed by atoms with Crippen molar-refractivity contribution in [2.24, 2.45) is 5.41 Å². The molecule has 2 aromatic heterocycles. The summed E-state index contributed by atoms with van der Waals surface area (Å²) in [6, 6.07) is 28.4. The van der Waals surface area contributed by atoms with Gasteiger partial charge >= 0.3 is 0 Å². The lowest BCUT2D eigenvalue weighted by Crippen LogP contribution is -2.27. The fourth-order valence-electron chi connectivity index (χ4n) is 6.58. The molecule has 1 aliphatic carbocycles. The number of hydrogen-bond acceptors (Lipinski definition) is 3. The second kappa shape index (κ2) is 13.0. The molecule has 0 N–H and O–H groups in total. The van der Waals surface area contributed by atoms with Crippen LogP contribution in [0.3, 0.4) is 0 Å². The molecule has 0 aliphatic heterocycles. The number of hydrogen-bond donors (Lipinski definition) is 0. The number of nitrogens with zero attached hydrogens (tertiary/aromatic N) is 4. The van der Waals surface area contributed by atoms with Crippen molar-refractivity contribution in [2.45, 2.75) is 34.1 Å². The number of allylic oxidation sites excluding steroid dienone is 7. The zero-order valence-corrected chi connectivity index (χ0v) is 27.7. The quantitative estimate of drug-likeness (QED) is 0.164. The van der Waals surface area contributed by atoms with Crippen LogP contribution >= 0.6 is 0 Å². The first kappa shape index (κ1) is 31.4. The lowest BCUT2D eigenvalue weighted by Gasteiger charge is -2.24. The summed E-state index contributed by atoms with van der Waals surface area (Å²) in [5.74, 6) is 1.89. The normalized spacial score (nSPS) is 15.6. The van der Waals surface area contributed by atoms with Gasteiger partial charge in [-0.25, -0.2) is 15.0 Å². The predicted octanol–water partition coefficient (Wildman–Crippen LogP) is 9.22. The van der Waals surface area contributed by atoms with Crippen molar-refractivity contribution in [3.05, 3.63) is 161 Å². The van der Waals surface area contributed by atoms with E-state index in [1.807, 2.05) is 78.9 Å². The molecule has 0 fully saturated rings. The van der Waals surface area contributed by atoms with E-state index in [2.05, 4.69) is 94.5 Å². The molecule has 0 saturated heterocycles. The fourth-order valence-corrected chi connectivity index (χ4v) is 6.58. The van der Waals surface area contributed by atoms with E-state index in [0.29, 0.717) is 17.5 Å².